The van der Waals surface area contributed by atoms with Crippen LogP contribution in [0.15, 0.2) is 36.9 Å². The van der Waals surface area contributed by atoms with E-state index >= 15 is 0 Å². The van der Waals surface area contributed by atoms with Crippen molar-refractivity contribution in [1.82, 2.24) is 15.1 Å². The number of hydrogen-bond donors (Lipinski definition) is 1. The first-order valence-electron chi connectivity index (χ1n) is 5.60. The summed E-state index contributed by atoms with van der Waals surface area (Å²) in [5.41, 5.74) is 0.757. The van der Waals surface area contributed by atoms with Crippen LogP contribution in [0.25, 0.3) is 11.4 Å². The van der Waals surface area contributed by atoms with Gasteiger partial charge in [-0.3, -0.25) is 0 Å². The first kappa shape index (κ1) is 12.1. The smallest absolute Gasteiger partial charge is 0.375 e. The molecule has 0 amide bonds. The Labute approximate surface area is 104 Å². The molecule has 2 rings (SSSR count). The van der Waals surface area contributed by atoms with Gasteiger partial charge >= 0.3 is 5.97 Å². The highest BCUT2D eigenvalue weighted by atomic mass is 16.4. The molecule has 0 saturated carbocycles. The lowest BCUT2D eigenvalue weighted by atomic mass is 10.2. The second-order valence-corrected chi connectivity index (χ2v) is 3.73. The molecule has 2 aromatic rings. The molecule has 0 fully saturated rings. The molecule has 0 aliphatic rings. The van der Waals surface area contributed by atoms with Crippen molar-refractivity contribution in [3.63, 3.8) is 0 Å². The van der Waals surface area contributed by atoms with Crippen LogP contribution in [0, 0.1) is 0 Å². The average Bonchev–Trinajstić information content (AvgIpc) is 2.41. The molecular weight excluding hydrogens is 232 g/mol. The third-order valence-electron chi connectivity index (χ3n) is 2.55. The van der Waals surface area contributed by atoms with Gasteiger partial charge in [0.2, 0.25) is 0 Å². The van der Waals surface area contributed by atoms with E-state index in [1.807, 2.05) is 6.92 Å². The summed E-state index contributed by atoms with van der Waals surface area (Å²) in [4.78, 5) is 19.2. The quantitative estimate of drug-likeness (QED) is 0.808. The molecule has 6 nitrogen and oxygen atoms in total. The maximum Gasteiger partial charge on any atom is 0.375 e. The van der Waals surface area contributed by atoms with E-state index in [1.165, 1.54) is 4.68 Å². The fourth-order valence-corrected chi connectivity index (χ4v) is 1.61. The van der Waals surface area contributed by atoms with Gasteiger partial charge in [0.25, 0.3) is 6.04 Å². The summed E-state index contributed by atoms with van der Waals surface area (Å²) in [6, 6.07) is 2.85. The zero-order valence-electron chi connectivity index (χ0n) is 9.89. The third kappa shape index (κ3) is 2.48. The largest absolute Gasteiger partial charge is 0.476 e. The molecule has 92 valence electrons. The van der Waals surface area contributed by atoms with Crippen LogP contribution >= 0.6 is 0 Å². The zero-order valence-corrected chi connectivity index (χ0v) is 9.89. The summed E-state index contributed by atoms with van der Waals surface area (Å²) in [6.07, 6.45) is 6.98. The number of carboxylic acids is 1. The molecule has 0 saturated heterocycles. The molecule has 1 unspecified atom stereocenters. The van der Waals surface area contributed by atoms with Gasteiger partial charge in [-0.1, -0.05) is 11.6 Å². The topological polar surface area (TPSA) is 79.9 Å². The number of nitrogens with zero attached hydrogens (tertiary/aromatic N) is 4. The Kier molecular flexibility index (Phi) is 3.57. The van der Waals surface area contributed by atoms with E-state index in [0.29, 0.717) is 12.2 Å². The predicted octanol–water partition coefficient (Wildman–Crippen LogP) is 0.862. The minimum Gasteiger partial charge on any atom is -0.476 e. The Morgan fingerprint density at radius 2 is 2.17 bits per heavy atom. The first-order valence-corrected chi connectivity index (χ1v) is 5.60. The SMILES string of the molecule is CCC(C(=O)O)[n+]1ccc(-c2ncccn2)cn1. The van der Waals surface area contributed by atoms with Gasteiger partial charge in [-0.2, -0.15) is 0 Å². The van der Waals surface area contributed by atoms with Crippen molar-refractivity contribution in [2.24, 2.45) is 0 Å². The number of aliphatic carboxylic acids is 1. The molecule has 0 aliphatic heterocycles. The Balaban J connectivity index is 2.28. The van der Waals surface area contributed by atoms with Crippen molar-refractivity contribution < 1.29 is 14.6 Å². The minimum absolute atomic E-state index is 0.480. The van der Waals surface area contributed by atoms with Gasteiger partial charge in [-0.15, -0.1) is 0 Å². The summed E-state index contributed by atoms with van der Waals surface area (Å²) < 4.78 is 1.43. The minimum atomic E-state index is -0.890. The van der Waals surface area contributed by atoms with Crippen LogP contribution in [0.2, 0.25) is 0 Å². The number of carboxylic acid groups (broad SMARTS) is 1. The van der Waals surface area contributed by atoms with E-state index in [2.05, 4.69) is 15.1 Å². The molecule has 0 aromatic carbocycles. The molecule has 2 aromatic heterocycles. The summed E-state index contributed by atoms with van der Waals surface area (Å²) in [6.45, 7) is 1.81. The predicted molar refractivity (Wildman–Crippen MR) is 62.4 cm³/mol. The van der Waals surface area contributed by atoms with Crippen LogP contribution in [0.1, 0.15) is 19.4 Å². The van der Waals surface area contributed by atoms with Crippen LogP contribution in [0.3, 0.4) is 0 Å². The maximum absolute atomic E-state index is 11.0. The molecule has 1 atom stereocenters. The Morgan fingerprint density at radius 1 is 1.44 bits per heavy atom. The first-order chi connectivity index (χ1) is 8.72. The van der Waals surface area contributed by atoms with E-state index in [4.69, 9.17) is 5.11 Å². The van der Waals surface area contributed by atoms with Crippen LogP contribution in [-0.4, -0.2) is 26.1 Å². The van der Waals surface area contributed by atoms with Crippen molar-refractivity contribution in [2.45, 2.75) is 19.4 Å². The van der Waals surface area contributed by atoms with Crippen LogP contribution in [-0.2, 0) is 4.79 Å². The van der Waals surface area contributed by atoms with Gasteiger partial charge in [-0.05, 0) is 11.2 Å². The highest BCUT2D eigenvalue weighted by molar-refractivity contribution is 5.69. The summed E-state index contributed by atoms with van der Waals surface area (Å²) in [7, 11) is 0. The van der Waals surface area contributed by atoms with E-state index in [-0.39, 0.29) is 0 Å². The van der Waals surface area contributed by atoms with Gasteiger partial charge in [0.05, 0.1) is 0 Å². The van der Waals surface area contributed by atoms with Crippen LogP contribution in [0.5, 0.6) is 0 Å². The van der Waals surface area contributed by atoms with Gasteiger partial charge in [-0.25, -0.2) is 14.8 Å². The fourth-order valence-electron chi connectivity index (χ4n) is 1.61. The second kappa shape index (κ2) is 5.31. The Bertz CT molecular complexity index is 528. The Hall–Kier alpha value is -2.37. The van der Waals surface area contributed by atoms with Gasteiger partial charge in [0.1, 0.15) is 6.20 Å². The molecule has 6 heteroatoms. The van der Waals surface area contributed by atoms with Crippen molar-refractivity contribution in [2.75, 3.05) is 0 Å². The average molecular weight is 245 g/mol. The molecule has 0 aliphatic carbocycles. The molecule has 18 heavy (non-hydrogen) atoms. The molecule has 0 radical (unpaired) electrons. The normalized spacial score (nSPS) is 12.1. The second-order valence-electron chi connectivity index (χ2n) is 3.73. The number of rotatable bonds is 4. The highest BCUT2D eigenvalue weighted by Gasteiger charge is 2.26. The number of aromatic nitrogens is 4. The lowest BCUT2D eigenvalue weighted by molar-refractivity contribution is -0.766. The van der Waals surface area contributed by atoms with E-state index < -0.39 is 12.0 Å². The monoisotopic (exact) mass is 245 g/mol. The summed E-state index contributed by atoms with van der Waals surface area (Å²) in [5, 5.41) is 13.1. The Morgan fingerprint density at radius 3 is 2.67 bits per heavy atom. The van der Waals surface area contributed by atoms with E-state index in [9.17, 15) is 4.79 Å². The van der Waals surface area contributed by atoms with Crippen molar-refractivity contribution in [3.8, 4) is 11.4 Å². The third-order valence-corrected chi connectivity index (χ3v) is 2.55. The lowest BCUT2D eigenvalue weighted by Gasteiger charge is -2.02. The lowest BCUT2D eigenvalue weighted by Crippen LogP contribution is -2.46. The van der Waals surface area contributed by atoms with Crippen molar-refractivity contribution in [3.05, 3.63) is 36.9 Å². The standard InChI is InChI=1S/C12H12N4O2/c1-2-10(12(17)18)16-7-4-9(8-15-16)11-13-5-3-6-14-11/h3-8,10H,2H2,1H3/p+1. The van der Waals surface area contributed by atoms with Crippen molar-refractivity contribution >= 4 is 5.97 Å². The number of hydrogen-bond acceptors (Lipinski definition) is 4. The van der Waals surface area contributed by atoms with Gasteiger partial charge in [0.15, 0.2) is 12.0 Å². The molecular formula is C12H13N4O2+. The molecule has 0 bridgehead atoms. The fraction of sp³-hybridized carbons (Fsp3) is 0.250. The molecule has 2 heterocycles. The maximum atomic E-state index is 11.0. The van der Waals surface area contributed by atoms with Crippen LogP contribution < -0.4 is 4.68 Å². The summed E-state index contributed by atoms with van der Waals surface area (Å²) in [5.74, 6) is -0.320. The molecule has 0 spiro atoms. The highest BCUT2D eigenvalue weighted by Crippen LogP contribution is 2.10. The van der Waals surface area contributed by atoms with E-state index in [1.54, 1.807) is 36.9 Å². The van der Waals surface area contributed by atoms with Gasteiger partial charge in [0, 0.05) is 30.4 Å². The van der Waals surface area contributed by atoms with Crippen LogP contribution in [0.4, 0.5) is 0 Å². The van der Waals surface area contributed by atoms with E-state index in [0.717, 1.165) is 5.56 Å². The number of carbonyl (C=O) groups is 1. The zero-order chi connectivity index (χ0) is 13.0. The summed E-state index contributed by atoms with van der Waals surface area (Å²) >= 11 is 0. The van der Waals surface area contributed by atoms with Gasteiger partial charge < -0.3 is 5.11 Å². The van der Waals surface area contributed by atoms with Crippen molar-refractivity contribution in [1.29, 1.82) is 0 Å². The molecule has 1 N–H and O–H groups in total.